The van der Waals surface area contributed by atoms with Crippen molar-refractivity contribution >= 4 is 11.9 Å². The molecule has 0 spiro atoms. The van der Waals surface area contributed by atoms with Crippen molar-refractivity contribution in [1.82, 2.24) is 0 Å². The zero-order valence-corrected chi connectivity index (χ0v) is 10.1. The smallest absolute Gasteiger partial charge is 0.320 e. The lowest BCUT2D eigenvalue weighted by molar-refractivity contribution is -0.159. The number of carboxylic acid groups (broad SMARTS) is 1. The fourth-order valence-corrected chi connectivity index (χ4v) is 1.86. The summed E-state index contributed by atoms with van der Waals surface area (Å²) < 4.78 is 4.56. The molecule has 4 nitrogen and oxygen atoms in total. The van der Waals surface area contributed by atoms with Gasteiger partial charge in [-0.2, -0.15) is 0 Å². The molecule has 1 rings (SSSR count). The first-order chi connectivity index (χ1) is 7.91. The summed E-state index contributed by atoms with van der Waals surface area (Å²) in [5.41, 5.74) is -0.0296. The lowest BCUT2D eigenvalue weighted by atomic mass is 9.73. The van der Waals surface area contributed by atoms with E-state index in [2.05, 4.69) is 4.74 Å². The molecule has 0 radical (unpaired) electrons. The third-order valence-electron chi connectivity index (χ3n) is 2.92. The standard InChI is InChI=1S/C13H16O4/c1-13(2,9-7-5-4-6-8-9)10(11(14)15)12(16)17-3/h4-8,10H,1-3H3,(H,14,15). The Hall–Kier alpha value is -1.84. The average molecular weight is 236 g/mol. The number of aliphatic carboxylic acids is 1. The number of hydrogen-bond donors (Lipinski definition) is 1. The molecule has 92 valence electrons. The third kappa shape index (κ3) is 2.64. The Kier molecular flexibility index (Phi) is 3.89. The molecule has 0 aliphatic heterocycles. The Morgan fingerprint density at radius 3 is 2.18 bits per heavy atom. The lowest BCUT2D eigenvalue weighted by Gasteiger charge is -2.30. The highest BCUT2D eigenvalue weighted by molar-refractivity contribution is 5.95. The van der Waals surface area contributed by atoms with Gasteiger partial charge in [-0.25, -0.2) is 0 Å². The van der Waals surface area contributed by atoms with E-state index in [1.165, 1.54) is 7.11 Å². The van der Waals surface area contributed by atoms with Crippen molar-refractivity contribution in [2.75, 3.05) is 7.11 Å². The third-order valence-corrected chi connectivity index (χ3v) is 2.92. The summed E-state index contributed by atoms with van der Waals surface area (Å²) >= 11 is 0. The van der Waals surface area contributed by atoms with Gasteiger partial charge >= 0.3 is 11.9 Å². The summed E-state index contributed by atoms with van der Waals surface area (Å²) in [6.07, 6.45) is 0. The van der Waals surface area contributed by atoms with E-state index in [1.54, 1.807) is 26.0 Å². The molecule has 0 bridgehead atoms. The Balaban J connectivity index is 3.18. The molecule has 4 heteroatoms. The van der Waals surface area contributed by atoms with Crippen LogP contribution in [0.15, 0.2) is 30.3 Å². The van der Waals surface area contributed by atoms with Crippen LogP contribution in [-0.4, -0.2) is 24.2 Å². The molecule has 1 aromatic carbocycles. The average Bonchev–Trinajstić information content (AvgIpc) is 2.29. The van der Waals surface area contributed by atoms with Gasteiger partial charge in [0, 0.05) is 5.41 Å². The van der Waals surface area contributed by atoms with Crippen LogP contribution in [0.5, 0.6) is 0 Å². The summed E-state index contributed by atoms with van der Waals surface area (Å²) in [5.74, 6) is -3.12. The van der Waals surface area contributed by atoms with Crippen molar-refractivity contribution in [3.63, 3.8) is 0 Å². The highest BCUT2D eigenvalue weighted by Gasteiger charge is 2.43. The van der Waals surface area contributed by atoms with Crippen molar-refractivity contribution in [2.24, 2.45) is 5.92 Å². The fraction of sp³-hybridized carbons (Fsp3) is 0.385. The van der Waals surface area contributed by atoms with Crippen LogP contribution >= 0.6 is 0 Å². The molecule has 0 saturated carbocycles. The van der Waals surface area contributed by atoms with Crippen molar-refractivity contribution in [3.05, 3.63) is 35.9 Å². The first kappa shape index (κ1) is 13.2. The molecule has 0 fully saturated rings. The normalized spacial score (nSPS) is 12.9. The summed E-state index contributed by atoms with van der Waals surface area (Å²) in [4.78, 5) is 22.8. The van der Waals surface area contributed by atoms with Crippen LogP contribution in [0.2, 0.25) is 0 Å². The second kappa shape index (κ2) is 4.99. The SMILES string of the molecule is COC(=O)C(C(=O)O)C(C)(C)c1ccccc1. The van der Waals surface area contributed by atoms with Crippen LogP contribution in [0.1, 0.15) is 19.4 Å². The first-order valence-corrected chi connectivity index (χ1v) is 5.27. The van der Waals surface area contributed by atoms with E-state index in [-0.39, 0.29) is 0 Å². The van der Waals surface area contributed by atoms with Gasteiger partial charge in [-0.05, 0) is 5.56 Å². The van der Waals surface area contributed by atoms with Crippen LogP contribution in [0.4, 0.5) is 0 Å². The molecule has 1 atom stereocenters. The Morgan fingerprint density at radius 2 is 1.76 bits per heavy atom. The van der Waals surface area contributed by atoms with E-state index in [4.69, 9.17) is 0 Å². The molecular formula is C13H16O4. The molecule has 17 heavy (non-hydrogen) atoms. The minimum atomic E-state index is -1.21. The number of rotatable bonds is 4. The lowest BCUT2D eigenvalue weighted by Crippen LogP contribution is -2.41. The molecule has 0 saturated heterocycles. The molecule has 1 N–H and O–H groups in total. The van der Waals surface area contributed by atoms with Gasteiger partial charge in [0.2, 0.25) is 0 Å². The van der Waals surface area contributed by atoms with Gasteiger partial charge in [0.05, 0.1) is 7.11 Å². The van der Waals surface area contributed by atoms with Gasteiger partial charge in [-0.15, -0.1) is 0 Å². The van der Waals surface area contributed by atoms with E-state index in [1.807, 2.05) is 18.2 Å². The Labute approximate surface area is 100 Å². The highest BCUT2D eigenvalue weighted by Crippen LogP contribution is 2.32. The Bertz CT molecular complexity index is 409. The van der Waals surface area contributed by atoms with Gasteiger partial charge < -0.3 is 9.84 Å². The second-order valence-corrected chi connectivity index (χ2v) is 4.38. The quantitative estimate of drug-likeness (QED) is 0.640. The van der Waals surface area contributed by atoms with Gasteiger partial charge in [0.1, 0.15) is 0 Å². The van der Waals surface area contributed by atoms with Crippen LogP contribution < -0.4 is 0 Å². The Morgan fingerprint density at radius 1 is 1.24 bits per heavy atom. The number of esters is 1. The topological polar surface area (TPSA) is 63.6 Å². The number of carbonyl (C=O) groups excluding carboxylic acids is 1. The predicted molar refractivity (Wildman–Crippen MR) is 62.6 cm³/mol. The zero-order chi connectivity index (χ0) is 13.1. The molecule has 0 heterocycles. The minimum Gasteiger partial charge on any atom is -0.481 e. The van der Waals surface area contributed by atoms with E-state index in [0.29, 0.717) is 0 Å². The number of carboxylic acids is 1. The molecule has 0 aliphatic rings. The predicted octanol–water partition coefficient (Wildman–Crippen LogP) is 1.84. The van der Waals surface area contributed by atoms with Crippen molar-refractivity contribution in [3.8, 4) is 0 Å². The maximum Gasteiger partial charge on any atom is 0.320 e. The molecule has 0 aromatic heterocycles. The van der Waals surface area contributed by atoms with Crippen LogP contribution in [0.3, 0.4) is 0 Å². The number of carbonyl (C=O) groups is 2. The van der Waals surface area contributed by atoms with Gasteiger partial charge in [0.15, 0.2) is 5.92 Å². The monoisotopic (exact) mass is 236 g/mol. The largest absolute Gasteiger partial charge is 0.481 e. The maximum atomic E-state index is 11.6. The maximum absolute atomic E-state index is 11.6. The van der Waals surface area contributed by atoms with Gasteiger partial charge in [0.25, 0.3) is 0 Å². The van der Waals surface area contributed by atoms with Gasteiger partial charge in [-0.1, -0.05) is 44.2 Å². The van der Waals surface area contributed by atoms with E-state index >= 15 is 0 Å². The van der Waals surface area contributed by atoms with E-state index in [0.717, 1.165) is 5.56 Å². The van der Waals surface area contributed by atoms with Crippen molar-refractivity contribution in [2.45, 2.75) is 19.3 Å². The number of ether oxygens (including phenoxy) is 1. The first-order valence-electron chi connectivity index (χ1n) is 5.27. The number of methoxy groups -OCH3 is 1. The van der Waals surface area contributed by atoms with Crippen molar-refractivity contribution in [1.29, 1.82) is 0 Å². The fourth-order valence-electron chi connectivity index (χ4n) is 1.86. The molecule has 0 amide bonds. The van der Waals surface area contributed by atoms with Crippen LogP contribution in [0, 0.1) is 5.92 Å². The molecular weight excluding hydrogens is 220 g/mol. The van der Waals surface area contributed by atoms with Crippen LogP contribution in [0.25, 0.3) is 0 Å². The summed E-state index contributed by atoms with van der Waals surface area (Å²) in [7, 11) is 1.19. The van der Waals surface area contributed by atoms with E-state index < -0.39 is 23.3 Å². The molecule has 0 aliphatic carbocycles. The van der Waals surface area contributed by atoms with Crippen molar-refractivity contribution < 1.29 is 19.4 Å². The second-order valence-electron chi connectivity index (χ2n) is 4.38. The molecule has 1 unspecified atom stereocenters. The summed E-state index contributed by atoms with van der Waals surface area (Å²) in [6, 6.07) is 9.08. The number of benzene rings is 1. The number of hydrogen-bond acceptors (Lipinski definition) is 3. The molecule has 1 aromatic rings. The van der Waals surface area contributed by atoms with E-state index in [9.17, 15) is 14.7 Å². The minimum absolute atomic E-state index is 0.730. The van der Waals surface area contributed by atoms with Gasteiger partial charge in [-0.3, -0.25) is 9.59 Å². The summed E-state index contributed by atoms with van der Waals surface area (Å²) in [6.45, 7) is 3.44. The highest BCUT2D eigenvalue weighted by atomic mass is 16.5. The summed E-state index contributed by atoms with van der Waals surface area (Å²) in [5, 5.41) is 9.17. The zero-order valence-electron chi connectivity index (χ0n) is 10.1. The van der Waals surface area contributed by atoms with Crippen LogP contribution in [-0.2, 0) is 19.7 Å².